The monoisotopic (exact) mass is 327 g/mol. The van der Waals surface area contributed by atoms with Gasteiger partial charge in [-0.25, -0.2) is 0 Å². The lowest BCUT2D eigenvalue weighted by atomic mass is 10.1. The van der Waals surface area contributed by atoms with Crippen LogP contribution in [0.15, 0.2) is 28.7 Å². The molecule has 1 atom stereocenters. The third-order valence-electron chi connectivity index (χ3n) is 3.00. The highest BCUT2D eigenvalue weighted by molar-refractivity contribution is 9.10. The highest BCUT2D eigenvalue weighted by Crippen LogP contribution is 2.16. The molecule has 1 amide bonds. The van der Waals surface area contributed by atoms with E-state index in [1.54, 1.807) is 18.9 Å². The summed E-state index contributed by atoms with van der Waals surface area (Å²) in [6.45, 7) is 2.12. The number of amides is 1. The number of rotatable bonds is 6. The van der Waals surface area contributed by atoms with Gasteiger partial charge in [0.1, 0.15) is 0 Å². The summed E-state index contributed by atoms with van der Waals surface area (Å²) in [7, 11) is 1.70. The Kier molecular flexibility index (Phi) is 6.02. The summed E-state index contributed by atoms with van der Waals surface area (Å²) in [5.41, 5.74) is 1.13. The molecule has 19 heavy (non-hydrogen) atoms. The van der Waals surface area contributed by atoms with Gasteiger partial charge < -0.3 is 10.0 Å². The number of benzene rings is 1. The van der Waals surface area contributed by atoms with E-state index < -0.39 is 11.9 Å². The quantitative estimate of drug-likeness (QED) is 0.873. The van der Waals surface area contributed by atoms with Crippen LogP contribution in [0.5, 0.6) is 0 Å². The molecule has 0 aromatic heterocycles. The van der Waals surface area contributed by atoms with Gasteiger partial charge in [0, 0.05) is 24.5 Å². The molecule has 1 rings (SSSR count). The molecule has 4 nitrogen and oxygen atoms in total. The lowest BCUT2D eigenvalue weighted by molar-refractivity contribution is -0.144. The Labute approximate surface area is 121 Å². The minimum Gasteiger partial charge on any atom is -0.481 e. The first-order chi connectivity index (χ1) is 8.91. The summed E-state index contributed by atoms with van der Waals surface area (Å²) in [6.07, 6.45) is 0.785. The molecule has 1 aromatic rings. The second kappa shape index (κ2) is 7.28. The lowest BCUT2D eigenvalue weighted by Crippen LogP contribution is -2.31. The summed E-state index contributed by atoms with van der Waals surface area (Å²) >= 11 is 3.46. The Hall–Kier alpha value is -1.36. The first kappa shape index (κ1) is 15.7. The molecule has 0 saturated carbocycles. The van der Waals surface area contributed by atoms with Crippen LogP contribution in [0.4, 0.5) is 0 Å². The van der Waals surface area contributed by atoms with Crippen LogP contribution in [0.2, 0.25) is 0 Å². The zero-order valence-corrected chi connectivity index (χ0v) is 12.7. The van der Waals surface area contributed by atoms with Crippen molar-refractivity contribution in [3.63, 3.8) is 0 Å². The molecule has 104 valence electrons. The van der Waals surface area contributed by atoms with Gasteiger partial charge in [0.15, 0.2) is 0 Å². The maximum absolute atomic E-state index is 11.8. The average molecular weight is 328 g/mol. The molecule has 0 heterocycles. The SMILES string of the molecule is CC(CC(=O)N(C)CCc1ccccc1Br)C(=O)O. The van der Waals surface area contributed by atoms with Gasteiger partial charge in [0.2, 0.25) is 5.91 Å². The molecule has 0 spiro atoms. The van der Waals surface area contributed by atoms with Crippen molar-refractivity contribution in [2.24, 2.45) is 5.92 Å². The second-order valence-electron chi connectivity index (χ2n) is 4.60. The van der Waals surface area contributed by atoms with Crippen molar-refractivity contribution in [1.29, 1.82) is 0 Å². The van der Waals surface area contributed by atoms with Crippen LogP contribution >= 0.6 is 15.9 Å². The van der Waals surface area contributed by atoms with Crippen LogP contribution in [-0.2, 0) is 16.0 Å². The second-order valence-corrected chi connectivity index (χ2v) is 5.45. The summed E-state index contributed by atoms with van der Waals surface area (Å²) in [6, 6.07) is 7.86. The normalized spacial score (nSPS) is 11.9. The van der Waals surface area contributed by atoms with Gasteiger partial charge in [-0.2, -0.15) is 0 Å². The molecular formula is C14H18BrNO3. The largest absolute Gasteiger partial charge is 0.481 e. The number of carbonyl (C=O) groups is 2. The number of halogens is 1. The Morgan fingerprint density at radius 1 is 1.37 bits per heavy atom. The lowest BCUT2D eigenvalue weighted by Gasteiger charge is -2.18. The molecule has 1 aromatic carbocycles. The summed E-state index contributed by atoms with van der Waals surface area (Å²) in [4.78, 5) is 24.1. The van der Waals surface area contributed by atoms with Crippen LogP contribution in [0.1, 0.15) is 18.9 Å². The highest BCUT2D eigenvalue weighted by atomic mass is 79.9. The van der Waals surface area contributed by atoms with Crippen molar-refractivity contribution in [3.8, 4) is 0 Å². The predicted molar refractivity (Wildman–Crippen MR) is 76.9 cm³/mol. The number of likely N-dealkylation sites (N-methyl/N-ethyl adjacent to an activating group) is 1. The zero-order chi connectivity index (χ0) is 14.4. The van der Waals surface area contributed by atoms with Gasteiger partial charge in [-0.05, 0) is 18.1 Å². The summed E-state index contributed by atoms with van der Waals surface area (Å²) < 4.78 is 1.02. The van der Waals surface area contributed by atoms with Gasteiger partial charge in [-0.15, -0.1) is 0 Å². The first-order valence-electron chi connectivity index (χ1n) is 6.12. The van der Waals surface area contributed by atoms with Gasteiger partial charge in [-0.3, -0.25) is 9.59 Å². The number of nitrogens with zero attached hydrogens (tertiary/aromatic N) is 1. The smallest absolute Gasteiger partial charge is 0.306 e. The third kappa shape index (κ3) is 5.03. The Morgan fingerprint density at radius 3 is 2.58 bits per heavy atom. The van der Waals surface area contributed by atoms with E-state index in [1.165, 1.54) is 0 Å². The van der Waals surface area contributed by atoms with Crippen molar-refractivity contribution >= 4 is 27.8 Å². The fourth-order valence-electron chi connectivity index (χ4n) is 1.62. The van der Waals surface area contributed by atoms with Crippen molar-refractivity contribution in [2.75, 3.05) is 13.6 Å². The number of carboxylic acid groups (broad SMARTS) is 1. The maximum atomic E-state index is 11.8. The number of hydrogen-bond donors (Lipinski definition) is 1. The fourth-order valence-corrected chi connectivity index (χ4v) is 2.10. The van der Waals surface area contributed by atoms with E-state index in [9.17, 15) is 9.59 Å². The molecule has 0 aliphatic heterocycles. The van der Waals surface area contributed by atoms with Crippen molar-refractivity contribution in [2.45, 2.75) is 19.8 Å². The third-order valence-corrected chi connectivity index (χ3v) is 3.78. The number of carboxylic acids is 1. The number of carbonyl (C=O) groups excluding carboxylic acids is 1. The molecular weight excluding hydrogens is 310 g/mol. The predicted octanol–water partition coefficient (Wildman–Crippen LogP) is 2.56. The topological polar surface area (TPSA) is 57.6 Å². The van der Waals surface area contributed by atoms with Crippen molar-refractivity contribution in [1.82, 2.24) is 4.90 Å². The minimum atomic E-state index is -0.937. The Balaban J connectivity index is 2.47. The van der Waals surface area contributed by atoms with E-state index >= 15 is 0 Å². The summed E-state index contributed by atoms with van der Waals surface area (Å²) in [5.74, 6) is -1.71. The molecule has 0 aliphatic rings. The maximum Gasteiger partial charge on any atom is 0.306 e. The van der Waals surface area contributed by atoms with Gasteiger partial charge in [0.05, 0.1) is 5.92 Å². The molecule has 0 bridgehead atoms. The fraction of sp³-hybridized carbons (Fsp3) is 0.429. The van der Waals surface area contributed by atoms with Gasteiger partial charge in [-0.1, -0.05) is 41.1 Å². The summed E-state index contributed by atoms with van der Waals surface area (Å²) in [5, 5.41) is 8.78. The van der Waals surface area contributed by atoms with Gasteiger partial charge in [0.25, 0.3) is 0 Å². The number of hydrogen-bond acceptors (Lipinski definition) is 2. The highest BCUT2D eigenvalue weighted by Gasteiger charge is 2.18. The van der Waals surface area contributed by atoms with Crippen LogP contribution in [-0.4, -0.2) is 35.5 Å². The molecule has 5 heteroatoms. The van der Waals surface area contributed by atoms with Crippen LogP contribution in [0.3, 0.4) is 0 Å². The Morgan fingerprint density at radius 2 is 2.00 bits per heavy atom. The zero-order valence-electron chi connectivity index (χ0n) is 11.1. The van der Waals surface area contributed by atoms with E-state index in [0.717, 1.165) is 16.5 Å². The van der Waals surface area contributed by atoms with Gasteiger partial charge >= 0.3 is 5.97 Å². The van der Waals surface area contributed by atoms with Crippen LogP contribution < -0.4 is 0 Å². The van der Waals surface area contributed by atoms with E-state index in [1.807, 2.05) is 24.3 Å². The van der Waals surface area contributed by atoms with E-state index in [-0.39, 0.29) is 12.3 Å². The van der Waals surface area contributed by atoms with E-state index in [0.29, 0.717) is 6.54 Å². The minimum absolute atomic E-state index is 0.0434. The standard InChI is InChI=1S/C14H18BrNO3/c1-10(14(18)19)9-13(17)16(2)8-7-11-5-3-4-6-12(11)15/h3-6,10H,7-9H2,1-2H3,(H,18,19). The molecule has 1 unspecified atom stereocenters. The van der Waals surface area contributed by atoms with E-state index in [4.69, 9.17) is 5.11 Å². The average Bonchev–Trinajstić information content (AvgIpc) is 2.37. The molecule has 0 radical (unpaired) electrons. The van der Waals surface area contributed by atoms with E-state index in [2.05, 4.69) is 15.9 Å². The van der Waals surface area contributed by atoms with Crippen molar-refractivity contribution < 1.29 is 14.7 Å². The molecule has 0 fully saturated rings. The van der Waals surface area contributed by atoms with Crippen molar-refractivity contribution in [3.05, 3.63) is 34.3 Å². The number of aliphatic carboxylic acids is 1. The van der Waals surface area contributed by atoms with Crippen LogP contribution in [0.25, 0.3) is 0 Å². The molecule has 1 N–H and O–H groups in total. The first-order valence-corrected chi connectivity index (χ1v) is 6.91. The Bertz CT molecular complexity index is 462. The van der Waals surface area contributed by atoms with Crippen LogP contribution in [0, 0.1) is 5.92 Å². The molecule has 0 saturated heterocycles. The molecule has 0 aliphatic carbocycles.